The van der Waals surface area contributed by atoms with Crippen molar-refractivity contribution in [2.75, 3.05) is 26.3 Å². The number of benzene rings is 1. The van der Waals surface area contributed by atoms with Crippen molar-refractivity contribution in [2.24, 2.45) is 0 Å². The Morgan fingerprint density at radius 3 is 2.78 bits per heavy atom. The van der Waals surface area contributed by atoms with Gasteiger partial charge in [0.1, 0.15) is 18.5 Å². The predicted octanol–water partition coefficient (Wildman–Crippen LogP) is 1.73. The van der Waals surface area contributed by atoms with Crippen molar-refractivity contribution in [3.05, 3.63) is 29.8 Å². The van der Waals surface area contributed by atoms with Gasteiger partial charge < -0.3 is 14.9 Å². The van der Waals surface area contributed by atoms with Crippen LogP contribution >= 0.6 is 0 Å². The molecule has 0 unspecified atom stereocenters. The highest BCUT2D eigenvalue weighted by molar-refractivity contribution is 5.28. The lowest BCUT2D eigenvalue weighted by molar-refractivity contribution is 0.0332. The number of rotatable bonds is 8. The number of hydrogen-bond donors (Lipinski definition) is 2. The van der Waals surface area contributed by atoms with Crippen molar-refractivity contribution in [2.45, 2.75) is 44.2 Å². The van der Waals surface area contributed by atoms with Crippen LogP contribution in [0, 0.1) is 11.3 Å². The van der Waals surface area contributed by atoms with E-state index in [1.807, 2.05) is 24.3 Å². The minimum atomic E-state index is -0.548. The summed E-state index contributed by atoms with van der Waals surface area (Å²) in [4.78, 5) is 2.27. The van der Waals surface area contributed by atoms with Crippen molar-refractivity contribution < 1.29 is 14.9 Å². The fourth-order valence-corrected chi connectivity index (χ4v) is 3.09. The van der Waals surface area contributed by atoms with Crippen molar-refractivity contribution in [1.82, 2.24) is 4.90 Å². The van der Waals surface area contributed by atoms with Crippen LogP contribution in [-0.2, 0) is 6.42 Å². The van der Waals surface area contributed by atoms with E-state index in [0.717, 1.165) is 31.4 Å². The van der Waals surface area contributed by atoms with E-state index >= 15 is 0 Å². The summed E-state index contributed by atoms with van der Waals surface area (Å²) in [6.07, 6.45) is 4.05. The second kappa shape index (κ2) is 9.51. The maximum Gasteiger partial charge on any atom is 0.119 e. The van der Waals surface area contributed by atoms with E-state index in [0.29, 0.717) is 24.8 Å². The summed E-state index contributed by atoms with van der Waals surface area (Å²) in [6, 6.07) is 9.87. The maximum atomic E-state index is 10.2. The number of ether oxygens (including phenoxy) is 1. The van der Waals surface area contributed by atoms with E-state index < -0.39 is 6.10 Å². The Balaban J connectivity index is 1.77. The Bertz CT molecular complexity index is 496. The lowest BCUT2D eigenvalue weighted by atomic mass is 9.99. The standard InChI is InChI=1S/C18H26N2O3/c19-10-8-15-4-6-18(7-5-15)23-14-17(22)13-20-11-2-1-3-16(20)9-12-21/h4-7,16-17,21-22H,1-3,8-9,11-14H2/t16-,17+/m1/s1. The van der Waals surface area contributed by atoms with Gasteiger partial charge in [0.2, 0.25) is 0 Å². The Kier molecular flexibility index (Phi) is 7.34. The highest BCUT2D eigenvalue weighted by Crippen LogP contribution is 2.20. The molecule has 0 aliphatic carbocycles. The first-order chi connectivity index (χ1) is 11.2. The van der Waals surface area contributed by atoms with Crippen molar-refractivity contribution in [3.63, 3.8) is 0 Å². The zero-order valence-corrected chi connectivity index (χ0v) is 13.5. The number of piperidine rings is 1. The van der Waals surface area contributed by atoms with Crippen LogP contribution in [0.15, 0.2) is 24.3 Å². The number of aliphatic hydroxyl groups excluding tert-OH is 2. The fourth-order valence-electron chi connectivity index (χ4n) is 3.09. The maximum absolute atomic E-state index is 10.2. The minimum absolute atomic E-state index is 0.197. The van der Waals surface area contributed by atoms with Gasteiger partial charge in [-0.2, -0.15) is 5.26 Å². The molecule has 1 aliphatic heterocycles. The largest absolute Gasteiger partial charge is 0.491 e. The normalized spacial score (nSPS) is 20.0. The lowest BCUT2D eigenvalue weighted by Gasteiger charge is -2.36. The quantitative estimate of drug-likeness (QED) is 0.763. The number of β-amino-alcohol motifs (C(OH)–C–C–N with tert-alkyl or cyclic N) is 1. The van der Waals surface area contributed by atoms with Crippen LogP contribution in [-0.4, -0.2) is 53.6 Å². The van der Waals surface area contributed by atoms with Gasteiger partial charge in [-0.15, -0.1) is 0 Å². The third-order valence-electron chi connectivity index (χ3n) is 4.31. The summed E-state index contributed by atoms with van der Waals surface area (Å²) in [7, 11) is 0. The van der Waals surface area contributed by atoms with E-state index in [-0.39, 0.29) is 13.2 Å². The fraction of sp³-hybridized carbons (Fsp3) is 0.611. The molecule has 23 heavy (non-hydrogen) atoms. The minimum Gasteiger partial charge on any atom is -0.491 e. The van der Waals surface area contributed by atoms with Gasteiger partial charge in [0.05, 0.1) is 12.5 Å². The number of nitrogens with zero attached hydrogens (tertiary/aromatic N) is 2. The average molecular weight is 318 g/mol. The van der Waals surface area contributed by atoms with Gasteiger partial charge in [-0.1, -0.05) is 18.6 Å². The summed E-state index contributed by atoms with van der Waals surface area (Å²) in [5.41, 5.74) is 0.959. The third kappa shape index (κ3) is 5.83. The monoisotopic (exact) mass is 318 g/mol. The van der Waals surface area contributed by atoms with Crippen LogP contribution in [0.3, 0.4) is 0 Å². The molecule has 1 fully saturated rings. The molecule has 2 N–H and O–H groups in total. The van der Waals surface area contributed by atoms with Crippen LogP contribution in [0.2, 0.25) is 0 Å². The zero-order chi connectivity index (χ0) is 16.5. The SMILES string of the molecule is N#CCc1ccc(OC[C@@H](O)CN2CCCC[C@@H]2CCO)cc1. The highest BCUT2D eigenvalue weighted by atomic mass is 16.5. The molecule has 0 saturated carbocycles. The molecule has 0 radical (unpaired) electrons. The van der Waals surface area contributed by atoms with E-state index in [1.165, 1.54) is 6.42 Å². The molecule has 0 bridgehead atoms. The van der Waals surface area contributed by atoms with Crippen LogP contribution in [0.4, 0.5) is 0 Å². The average Bonchev–Trinajstić information content (AvgIpc) is 2.57. The van der Waals surface area contributed by atoms with Gasteiger partial charge in [-0.25, -0.2) is 0 Å². The highest BCUT2D eigenvalue weighted by Gasteiger charge is 2.24. The van der Waals surface area contributed by atoms with Gasteiger partial charge in [0, 0.05) is 19.2 Å². The van der Waals surface area contributed by atoms with Crippen molar-refractivity contribution in [3.8, 4) is 11.8 Å². The van der Waals surface area contributed by atoms with Crippen LogP contribution in [0.5, 0.6) is 5.75 Å². The topological polar surface area (TPSA) is 76.7 Å². The van der Waals surface area contributed by atoms with Gasteiger partial charge in [0.25, 0.3) is 0 Å². The summed E-state index contributed by atoms with van der Waals surface area (Å²) in [6.45, 7) is 2.00. The molecule has 2 rings (SSSR count). The molecule has 1 aromatic carbocycles. The van der Waals surface area contributed by atoms with Gasteiger partial charge in [-0.3, -0.25) is 4.90 Å². The smallest absolute Gasteiger partial charge is 0.119 e. The van der Waals surface area contributed by atoms with E-state index in [1.54, 1.807) is 0 Å². The van der Waals surface area contributed by atoms with E-state index in [9.17, 15) is 5.11 Å². The van der Waals surface area contributed by atoms with E-state index in [4.69, 9.17) is 15.1 Å². The Hall–Kier alpha value is -1.61. The van der Waals surface area contributed by atoms with Crippen molar-refractivity contribution >= 4 is 0 Å². The lowest BCUT2D eigenvalue weighted by Crippen LogP contribution is -2.45. The first-order valence-corrected chi connectivity index (χ1v) is 8.34. The molecule has 0 spiro atoms. The molecule has 1 aliphatic rings. The number of nitriles is 1. The summed E-state index contributed by atoms with van der Waals surface area (Å²) < 4.78 is 5.63. The molecule has 5 heteroatoms. The first kappa shape index (κ1) is 17.7. The molecule has 126 valence electrons. The van der Waals surface area contributed by atoms with Gasteiger partial charge in [-0.05, 0) is 43.5 Å². The number of hydrogen-bond acceptors (Lipinski definition) is 5. The molecule has 1 saturated heterocycles. The Labute approximate surface area is 138 Å². The first-order valence-electron chi connectivity index (χ1n) is 8.34. The molecule has 1 heterocycles. The third-order valence-corrected chi connectivity index (χ3v) is 4.31. The predicted molar refractivity (Wildman–Crippen MR) is 88.2 cm³/mol. The summed E-state index contributed by atoms with van der Waals surface area (Å²) >= 11 is 0. The molecule has 0 aromatic heterocycles. The second-order valence-corrected chi connectivity index (χ2v) is 6.10. The van der Waals surface area contributed by atoms with E-state index in [2.05, 4.69) is 11.0 Å². The van der Waals surface area contributed by atoms with Crippen LogP contribution < -0.4 is 4.74 Å². The van der Waals surface area contributed by atoms with Gasteiger partial charge >= 0.3 is 0 Å². The molecule has 1 aromatic rings. The second-order valence-electron chi connectivity index (χ2n) is 6.10. The molecule has 0 amide bonds. The molecule has 2 atom stereocenters. The Morgan fingerprint density at radius 1 is 1.30 bits per heavy atom. The van der Waals surface area contributed by atoms with Crippen molar-refractivity contribution in [1.29, 1.82) is 5.26 Å². The summed E-state index contributed by atoms with van der Waals surface area (Å²) in [5, 5.41) is 28.0. The summed E-state index contributed by atoms with van der Waals surface area (Å²) in [5.74, 6) is 0.705. The molecule has 5 nitrogen and oxygen atoms in total. The number of aliphatic hydroxyl groups is 2. The van der Waals surface area contributed by atoms with Crippen LogP contribution in [0.1, 0.15) is 31.2 Å². The zero-order valence-electron chi connectivity index (χ0n) is 13.5. The Morgan fingerprint density at radius 2 is 2.09 bits per heavy atom. The van der Waals surface area contributed by atoms with Gasteiger partial charge in [0.15, 0.2) is 0 Å². The molecular formula is C18H26N2O3. The van der Waals surface area contributed by atoms with Crippen LogP contribution in [0.25, 0.3) is 0 Å². The number of likely N-dealkylation sites (tertiary alicyclic amines) is 1. The molecular weight excluding hydrogens is 292 g/mol.